The molecule has 0 atom stereocenters. The third-order valence-corrected chi connectivity index (χ3v) is 4.59. The second kappa shape index (κ2) is 8.78. The predicted octanol–water partition coefficient (Wildman–Crippen LogP) is 5.45. The summed E-state index contributed by atoms with van der Waals surface area (Å²) in [6.45, 7) is 7.28. The number of para-hydroxylation sites is 1. The lowest BCUT2D eigenvalue weighted by Crippen LogP contribution is -2.27. The number of ether oxygens (including phenoxy) is 1. The van der Waals surface area contributed by atoms with Crippen LogP contribution in [0.15, 0.2) is 42.5 Å². The summed E-state index contributed by atoms with van der Waals surface area (Å²) in [5.41, 5.74) is 4.38. The van der Waals surface area contributed by atoms with Crippen molar-refractivity contribution in [2.24, 2.45) is 0 Å². The predicted molar refractivity (Wildman–Crippen MR) is 103 cm³/mol. The first-order valence-electron chi connectivity index (χ1n) is 8.26. The van der Waals surface area contributed by atoms with Crippen LogP contribution in [0.3, 0.4) is 0 Å². The smallest absolute Gasteiger partial charge is 0.285 e. The number of aryl methyl sites for hydroxylation is 2. The lowest BCUT2D eigenvalue weighted by atomic mass is 10.1. The lowest BCUT2D eigenvalue weighted by molar-refractivity contribution is 0.265. The van der Waals surface area contributed by atoms with Crippen LogP contribution in [0.4, 0.5) is 10.5 Å². The monoisotopic (exact) mass is 343 g/mol. The van der Waals surface area contributed by atoms with Crippen LogP contribution in [-0.4, -0.2) is 18.0 Å². The summed E-state index contributed by atoms with van der Waals surface area (Å²) in [5, 5.41) is 0.0495. The molecule has 0 aliphatic heterocycles. The molecule has 2 aromatic rings. The van der Waals surface area contributed by atoms with Crippen LogP contribution in [-0.2, 0) is 13.0 Å². The van der Waals surface area contributed by atoms with Crippen molar-refractivity contribution in [2.75, 3.05) is 17.7 Å². The van der Waals surface area contributed by atoms with Gasteiger partial charge in [-0.05, 0) is 49.8 Å². The molecule has 0 unspecified atom stereocenters. The van der Waals surface area contributed by atoms with Crippen LogP contribution < -0.4 is 9.64 Å². The first kappa shape index (κ1) is 18.4. The van der Waals surface area contributed by atoms with Crippen molar-refractivity contribution in [3.63, 3.8) is 0 Å². The van der Waals surface area contributed by atoms with Crippen LogP contribution in [0.25, 0.3) is 0 Å². The Bertz CT molecular complexity index is 700. The Morgan fingerprint density at radius 2 is 1.92 bits per heavy atom. The van der Waals surface area contributed by atoms with Gasteiger partial charge in [0.1, 0.15) is 12.4 Å². The summed E-state index contributed by atoms with van der Waals surface area (Å²) in [4.78, 5) is 13.9. The maximum absolute atomic E-state index is 12.1. The number of thioether (sulfide) groups is 1. The lowest BCUT2D eigenvalue weighted by Gasteiger charge is -2.23. The Labute approximate surface area is 149 Å². The van der Waals surface area contributed by atoms with Gasteiger partial charge in [-0.3, -0.25) is 4.79 Å². The van der Waals surface area contributed by atoms with Crippen molar-refractivity contribution in [1.82, 2.24) is 0 Å². The van der Waals surface area contributed by atoms with Crippen molar-refractivity contribution < 1.29 is 9.53 Å². The summed E-state index contributed by atoms with van der Waals surface area (Å²) in [6, 6.07) is 14.2. The second-order valence-electron chi connectivity index (χ2n) is 5.59. The zero-order chi connectivity index (χ0) is 17.5. The van der Waals surface area contributed by atoms with Crippen molar-refractivity contribution in [3.05, 3.63) is 59.2 Å². The molecule has 0 saturated heterocycles. The fraction of sp³-hybridized carbons (Fsp3) is 0.350. The SMILES string of the molecule is CCc1ccc(OCc2ccccc2N(CC)C(=O)SC)c(C)c1. The molecule has 0 saturated carbocycles. The molecule has 4 heteroatoms. The van der Waals surface area contributed by atoms with Gasteiger partial charge >= 0.3 is 0 Å². The molecule has 0 aliphatic rings. The molecule has 128 valence electrons. The van der Waals surface area contributed by atoms with E-state index in [0.29, 0.717) is 13.2 Å². The average molecular weight is 343 g/mol. The first-order chi connectivity index (χ1) is 11.6. The first-order valence-corrected chi connectivity index (χ1v) is 9.48. The molecule has 0 fully saturated rings. The number of hydrogen-bond acceptors (Lipinski definition) is 3. The molecule has 24 heavy (non-hydrogen) atoms. The fourth-order valence-electron chi connectivity index (χ4n) is 2.65. The molecule has 0 spiro atoms. The topological polar surface area (TPSA) is 29.5 Å². The standard InChI is InChI=1S/C20H25NO2S/c1-5-16-11-12-19(15(3)13-16)23-14-17-9-7-8-10-18(17)21(6-2)20(22)24-4/h7-13H,5-6,14H2,1-4H3. The molecule has 0 bridgehead atoms. The van der Waals surface area contributed by atoms with Gasteiger partial charge in [-0.2, -0.15) is 0 Å². The van der Waals surface area contributed by atoms with Crippen molar-refractivity contribution in [1.29, 1.82) is 0 Å². The maximum atomic E-state index is 12.1. The zero-order valence-electron chi connectivity index (χ0n) is 14.8. The van der Waals surface area contributed by atoms with Gasteiger partial charge in [-0.25, -0.2) is 0 Å². The van der Waals surface area contributed by atoms with Crippen molar-refractivity contribution in [3.8, 4) is 5.75 Å². The van der Waals surface area contributed by atoms with Gasteiger partial charge in [0.25, 0.3) is 5.24 Å². The van der Waals surface area contributed by atoms with Gasteiger partial charge in [-0.15, -0.1) is 0 Å². The molecule has 2 rings (SSSR count). The Morgan fingerprint density at radius 1 is 1.17 bits per heavy atom. The third kappa shape index (κ3) is 4.32. The van der Waals surface area contributed by atoms with E-state index in [0.717, 1.165) is 29.0 Å². The normalized spacial score (nSPS) is 10.5. The number of nitrogens with zero attached hydrogens (tertiary/aromatic N) is 1. The van der Waals surface area contributed by atoms with E-state index < -0.39 is 0 Å². The molecule has 1 amide bonds. The largest absolute Gasteiger partial charge is 0.489 e. The summed E-state index contributed by atoms with van der Waals surface area (Å²) in [6.07, 6.45) is 2.83. The van der Waals surface area contributed by atoms with Gasteiger partial charge in [0, 0.05) is 12.1 Å². The molecular formula is C20H25NO2S. The second-order valence-corrected chi connectivity index (χ2v) is 6.34. The minimum Gasteiger partial charge on any atom is -0.489 e. The van der Waals surface area contributed by atoms with E-state index in [-0.39, 0.29) is 5.24 Å². The minimum absolute atomic E-state index is 0.0495. The molecule has 0 aromatic heterocycles. The summed E-state index contributed by atoms with van der Waals surface area (Å²) in [7, 11) is 0. The van der Waals surface area contributed by atoms with Crippen LogP contribution in [0.5, 0.6) is 5.75 Å². The molecule has 2 aromatic carbocycles. The number of amides is 1. The number of benzene rings is 2. The van der Waals surface area contributed by atoms with Crippen molar-refractivity contribution in [2.45, 2.75) is 33.8 Å². The number of hydrogen-bond donors (Lipinski definition) is 0. The molecule has 0 N–H and O–H groups in total. The fourth-order valence-corrected chi connectivity index (χ4v) is 3.10. The van der Waals surface area contributed by atoms with Gasteiger partial charge in [0.05, 0.1) is 5.69 Å². The third-order valence-electron chi connectivity index (χ3n) is 4.02. The quantitative estimate of drug-likeness (QED) is 0.699. The summed E-state index contributed by atoms with van der Waals surface area (Å²) >= 11 is 1.23. The van der Waals surface area contributed by atoms with Crippen LogP contribution in [0.2, 0.25) is 0 Å². The Kier molecular flexibility index (Phi) is 6.73. The van der Waals surface area contributed by atoms with E-state index in [4.69, 9.17) is 4.74 Å². The van der Waals surface area contributed by atoms with E-state index in [1.807, 2.05) is 43.5 Å². The summed E-state index contributed by atoms with van der Waals surface area (Å²) in [5.74, 6) is 0.890. The van der Waals surface area contributed by atoms with Gasteiger partial charge in [0.2, 0.25) is 0 Å². The molecular weight excluding hydrogens is 318 g/mol. The van der Waals surface area contributed by atoms with Crippen molar-refractivity contribution >= 4 is 22.7 Å². The van der Waals surface area contributed by atoms with E-state index >= 15 is 0 Å². The number of carbonyl (C=O) groups is 1. The average Bonchev–Trinajstić information content (AvgIpc) is 2.62. The highest BCUT2D eigenvalue weighted by Crippen LogP contribution is 2.26. The number of rotatable bonds is 6. The maximum Gasteiger partial charge on any atom is 0.285 e. The minimum atomic E-state index is 0.0495. The van der Waals surface area contributed by atoms with E-state index in [9.17, 15) is 4.79 Å². The van der Waals surface area contributed by atoms with E-state index in [2.05, 4.69) is 26.0 Å². The highest BCUT2D eigenvalue weighted by Gasteiger charge is 2.16. The van der Waals surface area contributed by atoms with Crippen LogP contribution in [0.1, 0.15) is 30.5 Å². The molecule has 0 heterocycles. The van der Waals surface area contributed by atoms with Gasteiger partial charge in [0.15, 0.2) is 0 Å². The Hall–Kier alpha value is -1.94. The highest BCUT2D eigenvalue weighted by molar-refractivity contribution is 8.13. The van der Waals surface area contributed by atoms with Crippen LogP contribution >= 0.6 is 11.8 Å². The molecule has 0 aliphatic carbocycles. The van der Waals surface area contributed by atoms with Gasteiger partial charge in [-0.1, -0.05) is 49.0 Å². The van der Waals surface area contributed by atoms with E-state index in [1.165, 1.54) is 17.3 Å². The zero-order valence-corrected chi connectivity index (χ0v) is 15.7. The highest BCUT2D eigenvalue weighted by atomic mass is 32.2. The van der Waals surface area contributed by atoms with E-state index in [1.54, 1.807) is 4.90 Å². The van der Waals surface area contributed by atoms with Gasteiger partial charge < -0.3 is 9.64 Å². The summed E-state index contributed by atoms with van der Waals surface area (Å²) < 4.78 is 6.03. The molecule has 0 radical (unpaired) electrons. The Balaban J connectivity index is 2.20. The number of carbonyl (C=O) groups excluding carboxylic acids is 1. The molecule has 3 nitrogen and oxygen atoms in total. The number of anilines is 1. The Morgan fingerprint density at radius 3 is 2.54 bits per heavy atom. The van der Waals surface area contributed by atoms with Crippen LogP contribution in [0, 0.1) is 6.92 Å².